The molecule has 0 aliphatic carbocycles. The summed E-state index contributed by atoms with van der Waals surface area (Å²) in [7, 11) is 0. The molecule has 1 heterocycles. The highest BCUT2D eigenvalue weighted by atomic mass is 32.1. The van der Waals surface area contributed by atoms with Crippen molar-refractivity contribution in [1.29, 1.82) is 0 Å². The molecular formula is C19H23N3O4S. The van der Waals surface area contributed by atoms with Gasteiger partial charge in [-0.2, -0.15) is 0 Å². The topological polar surface area (TPSA) is 89.5 Å². The molecule has 0 fully saturated rings. The molecule has 0 spiro atoms. The van der Waals surface area contributed by atoms with E-state index in [0.717, 1.165) is 10.4 Å². The van der Waals surface area contributed by atoms with E-state index in [2.05, 4.69) is 15.6 Å². The SMILES string of the molecule is CC(C)(C)OC(=O)Nc1ncc(C=CCNC(=O)OCc2ccccc2)s1. The number of carbonyl (C=O) groups excluding carboxylic acids is 2. The molecule has 0 radical (unpaired) electrons. The highest BCUT2D eigenvalue weighted by Gasteiger charge is 2.17. The van der Waals surface area contributed by atoms with Crippen molar-refractivity contribution in [3.8, 4) is 0 Å². The summed E-state index contributed by atoms with van der Waals surface area (Å²) in [6, 6.07) is 9.46. The third-order valence-corrected chi connectivity index (χ3v) is 3.87. The molecule has 0 unspecified atom stereocenters. The molecule has 2 rings (SSSR count). The molecule has 2 amide bonds. The predicted octanol–water partition coefficient (Wildman–Crippen LogP) is 4.43. The van der Waals surface area contributed by atoms with Crippen LogP contribution in [0.15, 0.2) is 42.6 Å². The first-order valence-electron chi connectivity index (χ1n) is 8.39. The fourth-order valence-electron chi connectivity index (χ4n) is 1.90. The molecule has 27 heavy (non-hydrogen) atoms. The molecule has 0 bridgehead atoms. The maximum absolute atomic E-state index is 11.7. The number of alkyl carbamates (subject to hydrolysis) is 1. The van der Waals surface area contributed by atoms with Gasteiger partial charge < -0.3 is 14.8 Å². The third-order valence-electron chi connectivity index (χ3n) is 2.99. The van der Waals surface area contributed by atoms with E-state index in [9.17, 15) is 9.59 Å². The van der Waals surface area contributed by atoms with Crippen LogP contribution in [0.3, 0.4) is 0 Å². The lowest BCUT2D eigenvalue weighted by Crippen LogP contribution is -2.27. The van der Waals surface area contributed by atoms with Gasteiger partial charge in [-0.1, -0.05) is 47.7 Å². The van der Waals surface area contributed by atoms with Crippen LogP contribution in [0.4, 0.5) is 14.7 Å². The Morgan fingerprint density at radius 2 is 1.93 bits per heavy atom. The Kier molecular flexibility index (Phi) is 7.36. The van der Waals surface area contributed by atoms with E-state index < -0.39 is 17.8 Å². The number of hydrogen-bond acceptors (Lipinski definition) is 6. The van der Waals surface area contributed by atoms with E-state index in [1.807, 2.05) is 30.3 Å². The standard InChI is InChI=1S/C19H23N3O4S/c1-19(2,3)26-18(24)22-16-21-12-15(27-16)10-7-11-20-17(23)25-13-14-8-5-4-6-9-14/h4-10,12H,11,13H2,1-3H3,(H,20,23)(H,21,22,24). The van der Waals surface area contributed by atoms with Gasteiger partial charge in [-0.25, -0.2) is 14.6 Å². The first kappa shape index (κ1) is 20.4. The average Bonchev–Trinajstić information content (AvgIpc) is 3.03. The first-order valence-corrected chi connectivity index (χ1v) is 9.20. The number of nitrogens with zero attached hydrogens (tertiary/aromatic N) is 1. The fourth-order valence-corrected chi connectivity index (χ4v) is 2.64. The minimum Gasteiger partial charge on any atom is -0.445 e. The lowest BCUT2D eigenvalue weighted by atomic mass is 10.2. The van der Waals surface area contributed by atoms with E-state index in [4.69, 9.17) is 9.47 Å². The Morgan fingerprint density at radius 3 is 2.63 bits per heavy atom. The van der Waals surface area contributed by atoms with Gasteiger partial charge in [-0.05, 0) is 32.4 Å². The van der Waals surface area contributed by atoms with E-state index in [1.54, 1.807) is 39.1 Å². The number of nitrogens with one attached hydrogen (secondary N) is 2. The summed E-state index contributed by atoms with van der Waals surface area (Å²) < 4.78 is 10.3. The number of carbonyl (C=O) groups is 2. The Hall–Kier alpha value is -2.87. The molecule has 1 aromatic carbocycles. The second kappa shape index (κ2) is 9.72. The largest absolute Gasteiger partial charge is 0.445 e. The molecule has 2 aromatic rings. The van der Waals surface area contributed by atoms with Gasteiger partial charge in [0, 0.05) is 17.6 Å². The number of anilines is 1. The monoisotopic (exact) mass is 389 g/mol. The van der Waals surface area contributed by atoms with Crippen LogP contribution in [-0.4, -0.2) is 29.3 Å². The van der Waals surface area contributed by atoms with Gasteiger partial charge in [0.25, 0.3) is 0 Å². The highest BCUT2D eigenvalue weighted by Crippen LogP contribution is 2.20. The zero-order valence-electron chi connectivity index (χ0n) is 15.5. The number of benzene rings is 1. The second-order valence-electron chi connectivity index (χ2n) is 6.54. The quantitative estimate of drug-likeness (QED) is 0.763. The van der Waals surface area contributed by atoms with Crippen molar-refractivity contribution >= 4 is 34.7 Å². The van der Waals surface area contributed by atoms with E-state index in [-0.39, 0.29) is 6.61 Å². The summed E-state index contributed by atoms with van der Waals surface area (Å²) in [6.07, 6.45) is 4.17. The van der Waals surface area contributed by atoms with Crippen molar-refractivity contribution in [2.24, 2.45) is 0 Å². The van der Waals surface area contributed by atoms with E-state index in [1.165, 1.54) is 11.3 Å². The van der Waals surface area contributed by atoms with Crippen LogP contribution in [-0.2, 0) is 16.1 Å². The molecule has 0 saturated heterocycles. The normalized spacial score (nSPS) is 11.2. The Morgan fingerprint density at radius 1 is 1.19 bits per heavy atom. The second-order valence-corrected chi connectivity index (χ2v) is 7.60. The van der Waals surface area contributed by atoms with Crippen molar-refractivity contribution in [1.82, 2.24) is 10.3 Å². The number of amides is 2. The van der Waals surface area contributed by atoms with Crippen LogP contribution in [0.25, 0.3) is 6.08 Å². The molecule has 0 aliphatic heterocycles. The number of ether oxygens (including phenoxy) is 2. The minimum absolute atomic E-state index is 0.227. The van der Waals surface area contributed by atoms with E-state index in [0.29, 0.717) is 11.7 Å². The maximum Gasteiger partial charge on any atom is 0.413 e. The zero-order valence-corrected chi connectivity index (χ0v) is 16.3. The van der Waals surface area contributed by atoms with Gasteiger partial charge in [-0.3, -0.25) is 5.32 Å². The summed E-state index contributed by atoms with van der Waals surface area (Å²) in [6.45, 7) is 5.92. The number of aromatic nitrogens is 1. The Labute approximate surface area is 162 Å². The van der Waals surface area contributed by atoms with Crippen molar-refractivity contribution < 1.29 is 19.1 Å². The van der Waals surface area contributed by atoms with Crippen LogP contribution in [0.5, 0.6) is 0 Å². The Bertz CT molecular complexity index is 782. The molecule has 0 aliphatic rings. The smallest absolute Gasteiger partial charge is 0.413 e. The van der Waals surface area contributed by atoms with Gasteiger partial charge in [0.15, 0.2) is 5.13 Å². The number of thiazole rings is 1. The summed E-state index contributed by atoms with van der Waals surface area (Å²) in [5.41, 5.74) is 0.364. The molecule has 1 aromatic heterocycles. The minimum atomic E-state index is -0.565. The van der Waals surface area contributed by atoms with Crippen LogP contribution < -0.4 is 10.6 Å². The first-order chi connectivity index (χ1) is 12.8. The zero-order chi connectivity index (χ0) is 19.7. The van der Waals surface area contributed by atoms with Crippen molar-refractivity contribution in [3.63, 3.8) is 0 Å². The summed E-state index contributed by atoms with van der Waals surface area (Å²) in [5, 5.41) is 5.66. The van der Waals surface area contributed by atoms with Crippen LogP contribution in [0.2, 0.25) is 0 Å². The van der Waals surface area contributed by atoms with Crippen LogP contribution >= 0.6 is 11.3 Å². The summed E-state index contributed by atoms with van der Waals surface area (Å²) in [5.74, 6) is 0. The van der Waals surface area contributed by atoms with Crippen molar-refractivity contribution in [2.45, 2.75) is 33.0 Å². The van der Waals surface area contributed by atoms with Gasteiger partial charge in [0.2, 0.25) is 0 Å². The molecule has 0 saturated carbocycles. The average molecular weight is 389 g/mol. The molecule has 7 nitrogen and oxygen atoms in total. The van der Waals surface area contributed by atoms with Gasteiger partial charge >= 0.3 is 12.2 Å². The maximum atomic E-state index is 11.7. The Balaban J connectivity index is 1.69. The van der Waals surface area contributed by atoms with Crippen LogP contribution in [0, 0.1) is 0 Å². The van der Waals surface area contributed by atoms with Gasteiger partial charge in [0.05, 0.1) is 0 Å². The molecule has 8 heteroatoms. The lowest BCUT2D eigenvalue weighted by Gasteiger charge is -2.18. The van der Waals surface area contributed by atoms with E-state index >= 15 is 0 Å². The predicted molar refractivity (Wildman–Crippen MR) is 106 cm³/mol. The van der Waals surface area contributed by atoms with Crippen molar-refractivity contribution in [2.75, 3.05) is 11.9 Å². The fraction of sp³-hybridized carbons (Fsp3) is 0.316. The summed E-state index contributed by atoms with van der Waals surface area (Å²) >= 11 is 1.30. The van der Waals surface area contributed by atoms with Gasteiger partial charge in [-0.15, -0.1) is 0 Å². The lowest BCUT2D eigenvalue weighted by molar-refractivity contribution is 0.0636. The molecule has 144 valence electrons. The highest BCUT2D eigenvalue weighted by molar-refractivity contribution is 7.16. The number of hydrogen-bond donors (Lipinski definition) is 2. The third kappa shape index (κ3) is 8.37. The summed E-state index contributed by atoms with van der Waals surface area (Å²) in [4.78, 5) is 28.3. The van der Waals surface area contributed by atoms with Crippen molar-refractivity contribution in [3.05, 3.63) is 53.0 Å². The van der Waals surface area contributed by atoms with Crippen LogP contribution in [0.1, 0.15) is 31.2 Å². The molecule has 0 atom stereocenters. The molecular weight excluding hydrogens is 366 g/mol. The molecule has 2 N–H and O–H groups in total. The van der Waals surface area contributed by atoms with Gasteiger partial charge in [0.1, 0.15) is 12.2 Å². The number of rotatable bonds is 6.